The standard InChI is InChI=1S/C32H33ClF2N8O5S.C2H4O2/c1-42-23(21-6-7-24(48-3)27(35)26(21)34)15-37-28(42)31(47)40-18-4-5-20(22(33)12-18)30(46)38-13-19-14-39-32(49-19)41-29(45)17-8-10-43(2,11-9-17)16-25(36)44;1-4-2-3/h4-7,12,14-15,17H,8-11,13,16H2,1-3H3,(H4-,36,38,39,40,41,44,45,46,47);2H,1H3/p+1. The number of carbonyl (C=O) groups is 5. The molecule has 0 atom stereocenters. The molecular formula is C34H38ClF2N8O7S+. The zero-order valence-corrected chi connectivity index (χ0v) is 30.8. The maximum atomic E-state index is 14.7. The molecule has 5 N–H and O–H groups in total. The summed E-state index contributed by atoms with van der Waals surface area (Å²) in [5, 5.41) is 8.73. The van der Waals surface area contributed by atoms with Crippen molar-refractivity contribution in [3.05, 3.63) is 75.6 Å². The Morgan fingerprint density at radius 2 is 1.75 bits per heavy atom. The second-order valence-corrected chi connectivity index (χ2v) is 13.7. The lowest BCUT2D eigenvalue weighted by Crippen LogP contribution is -2.54. The van der Waals surface area contributed by atoms with Gasteiger partial charge in [0.25, 0.3) is 24.2 Å². The van der Waals surface area contributed by atoms with Gasteiger partial charge in [-0.05, 0) is 30.3 Å². The van der Waals surface area contributed by atoms with Gasteiger partial charge in [-0.2, -0.15) is 4.39 Å². The summed E-state index contributed by atoms with van der Waals surface area (Å²) in [5.41, 5.74) is 5.85. The van der Waals surface area contributed by atoms with E-state index < -0.39 is 23.4 Å². The van der Waals surface area contributed by atoms with E-state index in [9.17, 15) is 28.0 Å². The molecule has 1 aliphatic heterocycles. The number of primary amides is 1. The third kappa shape index (κ3) is 10.1. The molecule has 2 aromatic carbocycles. The number of hydrogen-bond donors (Lipinski definition) is 4. The van der Waals surface area contributed by atoms with Gasteiger partial charge in [0.1, 0.15) is 0 Å². The molecule has 0 spiro atoms. The molecule has 0 saturated carbocycles. The molecule has 0 aliphatic carbocycles. The largest absolute Gasteiger partial charge is 0.494 e. The fourth-order valence-corrected chi connectivity index (χ4v) is 6.65. The molecule has 0 radical (unpaired) electrons. The molecule has 1 aliphatic rings. The van der Waals surface area contributed by atoms with E-state index in [4.69, 9.17) is 26.9 Å². The highest BCUT2D eigenvalue weighted by Gasteiger charge is 2.34. The van der Waals surface area contributed by atoms with E-state index in [2.05, 4.69) is 30.7 Å². The van der Waals surface area contributed by atoms with Gasteiger partial charge in [0, 0.05) is 48.1 Å². The predicted octanol–water partition coefficient (Wildman–Crippen LogP) is 3.74. The average molecular weight is 776 g/mol. The van der Waals surface area contributed by atoms with Crippen molar-refractivity contribution in [1.82, 2.24) is 19.9 Å². The number of hydrogen-bond acceptors (Lipinski definition) is 10. The zero-order valence-electron chi connectivity index (χ0n) is 29.2. The summed E-state index contributed by atoms with van der Waals surface area (Å²) < 4.78 is 39.4. The second kappa shape index (κ2) is 17.8. The van der Waals surface area contributed by atoms with E-state index in [0.717, 1.165) is 0 Å². The van der Waals surface area contributed by atoms with Gasteiger partial charge in [0.05, 0.1) is 63.4 Å². The number of anilines is 2. The van der Waals surface area contributed by atoms with E-state index >= 15 is 0 Å². The van der Waals surface area contributed by atoms with Crippen LogP contribution >= 0.6 is 22.9 Å². The zero-order chi connectivity index (χ0) is 38.9. The van der Waals surface area contributed by atoms with Crippen LogP contribution in [-0.2, 0) is 32.7 Å². The summed E-state index contributed by atoms with van der Waals surface area (Å²) in [4.78, 5) is 68.0. The molecule has 282 valence electrons. The Labute approximate surface area is 312 Å². The van der Waals surface area contributed by atoms with E-state index in [1.54, 1.807) is 6.20 Å². The average Bonchev–Trinajstić information content (AvgIpc) is 3.74. The van der Waals surface area contributed by atoms with Crippen LogP contribution < -0.4 is 26.4 Å². The summed E-state index contributed by atoms with van der Waals surface area (Å²) in [5.74, 6) is -4.44. The normalized spacial score (nSPS) is 16.4. The molecule has 3 heterocycles. The number of carbonyl (C=O) groups excluding carboxylic acids is 5. The number of likely N-dealkylation sites (tertiary alicyclic amines) is 1. The van der Waals surface area contributed by atoms with Crippen LogP contribution in [0.4, 0.5) is 19.6 Å². The number of nitrogens with one attached hydrogen (secondary N) is 3. The lowest BCUT2D eigenvalue weighted by molar-refractivity contribution is -0.907. The van der Waals surface area contributed by atoms with Gasteiger partial charge in [-0.15, -0.1) is 0 Å². The van der Waals surface area contributed by atoms with E-state index in [1.165, 1.54) is 73.7 Å². The Balaban J connectivity index is 0.00000149. The Bertz CT molecular complexity index is 2000. The number of likely N-dealkylation sites (N-methyl/N-ethyl adjacent to an activating group) is 1. The molecule has 15 nitrogen and oxygen atoms in total. The van der Waals surface area contributed by atoms with E-state index in [1.807, 2.05) is 7.05 Å². The van der Waals surface area contributed by atoms with Gasteiger partial charge in [-0.25, -0.2) is 14.4 Å². The molecule has 1 fully saturated rings. The van der Waals surface area contributed by atoms with Crippen LogP contribution in [0.25, 0.3) is 11.3 Å². The number of quaternary nitrogens is 1. The number of nitrogens with zero attached hydrogens (tertiary/aromatic N) is 4. The Hall–Kier alpha value is -5.46. The number of benzene rings is 2. The summed E-state index contributed by atoms with van der Waals surface area (Å²) in [6, 6.07) is 6.94. The molecule has 5 rings (SSSR count). The molecule has 1 saturated heterocycles. The number of rotatable bonds is 12. The molecule has 4 aromatic rings. The minimum absolute atomic E-state index is 0.0712. The minimum Gasteiger partial charge on any atom is -0.494 e. The molecule has 4 amide bonds. The van der Waals surface area contributed by atoms with Gasteiger partial charge in [-0.1, -0.05) is 22.9 Å². The summed E-state index contributed by atoms with van der Waals surface area (Å²) >= 11 is 7.61. The second-order valence-electron chi connectivity index (χ2n) is 12.2. The Morgan fingerprint density at radius 3 is 2.38 bits per heavy atom. The van der Waals surface area contributed by atoms with Crippen LogP contribution in [-0.4, -0.2) is 90.0 Å². The van der Waals surface area contributed by atoms with Crippen LogP contribution in [0.15, 0.2) is 42.7 Å². The third-order valence-corrected chi connectivity index (χ3v) is 9.68. The maximum absolute atomic E-state index is 14.7. The van der Waals surface area contributed by atoms with Crippen LogP contribution in [0.1, 0.15) is 38.7 Å². The smallest absolute Gasteiger partial charge is 0.292 e. The summed E-state index contributed by atoms with van der Waals surface area (Å²) in [7, 11) is 5.98. The van der Waals surface area contributed by atoms with E-state index in [-0.39, 0.29) is 69.9 Å². The number of ether oxygens (including phenoxy) is 2. The first-order chi connectivity index (χ1) is 25.2. The number of aromatic nitrogens is 3. The highest BCUT2D eigenvalue weighted by molar-refractivity contribution is 7.15. The minimum atomic E-state index is -1.16. The van der Waals surface area contributed by atoms with Crippen molar-refractivity contribution in [2.45, 2.75) is 19.4 Å². The topological polar surface area (TPSA) is 197 Å². The van der Waals surface area contributed by atoms with Crippen molar-refractivity contribution in [3.8, 4) is 17.0 Å². The van der Waals surface area contributed by atoms with Gasteiger partial charge < -0.3 is 40.2 Å². The predicted molar refractivity (Wildman–Crippen MR) is 192 cm³/mol. The number of halogens is 3. The van der Waals surface area contributed by atoms with Crippen molar-refractivity contribution in [2.24, 2.45) is 18.7 Å². The number of amides is 4. The van der Waals surface area contributed by atoms with Gasteiger partial charge >= 0.3 is 0 Å². The van der Waals surface area contributed by atoms with Crippen LogP contribution in [0.2, 0.25) is 5.02 Å². The van der Waals surface area contributed by atoms with Gasteiger partial charge in [0.2, 0.25) is 11.7 Å². The third-order valence-electron chi connectivity index (χ3n) is 8.45. The first kappa shape index (κ1) is 40.3. The number of methoxy groups -OCH3 is 2. The molecule has 19 heteroatoms. The number of piperidine rings is 1. The van der Waals surface area contributed by atoms with Crippen LogP contribution in [0.5, 0.6) is 5.75 Å². The number of nitrogens with two attached hydrogens (primary N) is 1. The van der Waals surface area contributed by atoms with Crippen LogP contribution in [0.3, 0.4) is 0 Å². The van der Waals surface area contributed by atoms with Gasteiger partial charge in [-0.3, -0.25) is 24.0 Å². The highest BCUT2D eigenvalue weighted by Crippen LogP contribution is 2.30. The molecule has 53 heavy (non-hydrogen) atoms. The van der Waals surface area contributed by atoms with E-state index in [0.29, 0.717) is 46.9 Å². The lowest BCUT2D eigenvalue weighted by Gasteiger charge is -2.39. The van der Waals surface area contributed by atoms with Crippen molar-refractivity contribution in [3.63, 3.8) is 0 Å². The molecule has 0 bridgehead atoms. The summed E-state index contributed by atoms with van der Waals surface area (Å²) in [6.07, 6.45) is 4.07. The maximum Gasteiger partial charge on any atom is 0.292 e. The van der Waals surface area contributed by atoms with Crippen molar-refractivity contribution >= 4 is 63.9 Å². The quantitative estimate of drug-likeness (QED) is 0.122. The molecule has 0 unspecified atom stereocenters. The van der Waals surface area contributed by atoms with Gasteiger partial charge in [0.15, 0.2) is 29.1 Å². The van der Waals surface area contributed by atoms with Crippen molar-refractivity contribution in [1.29, 1.82) is 0 Å². The first-order valence-corrected chi connectivity index (χ1v) is 17.2. The Morgan fingerprint density at radius 1 is 1.06 bits per heavy atom. The Kier molecular flexibility index (Phi) is 13.6. The number of thiazole rings is 1. The monoisotopic (exact) mass is 775 g/mol. The van der Waals surface area contributed by atoms with Crippen molar-refractivity contribution in [2.75, 3.05) is 51.5 Å². The fourth-order valence-electron chi connectivity index (χ4n) is 5.63. The number of imidazole rings is 1. The fraction of sp³-hybridized carbons (Fsp3) is 0.324. The lowest BCUT2D eigenvalue weighted by atomic mass is 9.94. The molecule has 2 aromatic heterocycles. The highest BCUT2D eigenvalue weighted by atomic mass is 35.5. The molecular weight excluding hydrogens is 738 g/mol. The van der Waals surface area contributed by atoms with Crippen LogP contribution in [0, 0.1) is 17.6 Å². The first-order valence-electron chi connectivity index (χ1n) is 16.0. The SMILES string of the molecule is COC=O.COc1ccc(-c2cnc(C(=O)Nc3ccc(C(=O)NCc4cnc(NC(=O)C5CC[N+](C)(CC(N)=O)CC5)s4)c(Cl)c3)n2C)c(F)c1F. The summed E-state index contributed by atoms with van der Waals surface area (Å²) in [6.45, 7) is 2.10. The van der Waals surface area contributed by atoms with Crippen molar-refractivity contribution < 1.29 is 46.7 Å².